The first-order valence-corrected chi connectivity index (χ1v) is 8.57. The monoisotopic (exact) mass is 324 g/mol. The lowest BCUT2D eigenvalue weighted by molar-refractivity contribution is 0.0506. The summed E-state index contributed by atoms with van der Waals surface area (Å²) in [5.74, 6) is 0.830. The SMILES string of the molecule is CN(C)CC[C@H](CSc1ccccc1)NC(=O)OC(C)(C)C. The molecule has 1 N–H and O–H groups in total. The van der Waals surface area contributed by atoms with Crippen LogP contribution in [0, 0.1) is 0 Å². The Morgan fingerprint density at radius 3 is 2.45 bits per heavy atom. The van der Waals surface area contributed by atoms with Gasteiger partial charge in [0.2, 0.25) is 0 Å². The number of ether oxygens (including phenoxy) is 1. The molecule has 0 radical (unpaired) electrons. The molecule has 0 bridgehead atoms. The van der Waals surface area contributed by atoms with Gasteiger partial charge in [-0.3, -0.25) is 0 Å². The maximum atomic E-state index is 12.0. The third-order valence-electron chi connectivity index (χ3n) is 2.84. The predicted octanol–water partition coefficient (Wildman–Crippen LogP) is 3.62. The summed E-state index contributed by atoms with van der Waals surface area (Å²) in [7, 11) is 4.07. The molecule has 0 saturated carbocycles. The molecule has 1 amide bonds. The fourth-order valence-electron chi connectivity index (χ4n) is 1.80. The maximum Gasteiger partial charge on any atom is 0.407 e. The van der Waals surface area contributed by atoms with E-state index in [0.717, 1.165) is 18.7 Å². The smallest absolute Gasteiger partial charge is 0.407 e. The van der Waals surface area contributed by atoms with Crippen molar-refractivity contribution < 1.29 is 9.53 Å². The minimum absolute atomic E-state index is 0.0856. The van der Waals surface area contributed by atoms with Gasteiger partial charge in [-0.05, 0) is 60.0 Å². The lowest BCUT2D eigenvalue weighted by Gasteiger charge is -2.24. The number of nitrogens with one attached hydrogen (secondary N) is 1. The minimum atomic E-state index is -0.469. The number of rotatable bonds is 7. The van der Waals surface area contributed by atoms with Gasteiger partial charge in [0.05, 0.1) is 0 Å². The van der Waals surface area contributed by atoms with Crippen LogP contribution in [0.5, 0.6) is 0 Å². The summed E-state index contributed by atoms with van der Waals surface area (Å²) in [4.78, 5) is 15.3. The van der Waals surface area contributed by atoms with Crippen LogP contribution < -0.4 is 5.32 Å². The Labute approximate surface area is 138 Å². The van der Waals surface area contributed by atoms with E-state index in [-0.39, 0.29) is 12.1 Å². The van der Waals surface area contributed by atoms with Gasteiger partial charge in [-0.15, -0.1) is 11.8 Å². The predicted molar refractivity (Wildman–Crippen MR) is 93.5 cm³/mol. The molecule has 0 aliphatic heterocycles. The summed E-state index contributed by atoms with van der Waals surface area (Å²) >= 11 is 1.75. The van der Waals surface area contributed by atoms with Crippen molar-refractivity contribution in [2.45, 2.75) is 43.7 Å². The Kier molecular flexibility index (Phi) is 7.76. The van der Waals surface area contributed by atoms with E-state index in [1.165, 1.54) is 4.90 Å². The van der Waals surface area contributed by atoms with Crippen LogP contribution >= 0.6 is 11.8 Å². The zero-order chi connectivity index (χ0) is 16.6. The average molecular weight is 324 g/mol. The molecule has 1 rings (SSSR count). The second-order valence-electron chi connectivity index (χ2n) is 6.56. The standard InChI is InChI=1S/C17H28N2O2S/c1-17(2,3)21-16(20)18-14(11-12-19(4)5)13-22-15-9-7-6-8-10-15/h6-10,14H,11-13H2,1-5H3,(H,18,20)/t14-/m1/s1. The van der Waals surface area contributed by atoms with Crippen molar-refractivity contribution in [2.75, 3.05) is 26.4 Å². The lowest BCUT2D eigenvalue weighted by atomic mass is 10.2. The number of thioether (sulfide) groups is 1. The fourth-order valence-corrected chi connectivity index (χ4v) is 2.79. The van der Waals surface area contributed by atoms with E-state index in [1.807, 2.05) is 53.1 Å². The molecule has 4 nitrogen and oxygen atoms in total. The molecule has 0 spiro atoms. The number of alkyl carbamates (subject to hydrolysis) is 1. The summed E-state index contributed by atoms with van der Waals surface area (Å²) in [6, 6.07) is 10.3. The quantitative estimate of drug-likeness (QED) is 0.778. The zero-order valence-electron chi connectivity index (χ0n) is 14.3. The van der Waals surface area contributed by atoms with Crippen LogP contribution in [0.3, 0.4) is 0 Å². The largest absolute Gasteiger partial charge is 0.444 e. The highest BCUT2D eigenvalue weighted by Gasteiger charge is 2.19. The Bertz CT molecular complexity index is 444. The van der Waals surface area contributed by atoms with Gasteiger partial charge >= 0.3 is 6.09 Å². The van der Waals surface area contributed by atoms with E-state index < -0.39 is 5.60 Å². The highest BCUT2D eigenvalue weighted by Crippen LogP contribution is 2.19. The molecule has 22 heavy (non-hydrogen) atoms. The second-order valence-corrected chi connectivity index (χ2v) is 7.65. The van der Waals surface area contributed by atoms with Gasteiger partial charge in [-0.2, -0.15) is 0 Å². The number of nitrogens with zero attached hydrogens (tertiary/aromatic N) is 1. The van der Waals surface area contributed by atoms with Gasteiger partial charge in [0.15, 0.2) is 0 Å². The molecule has 0 aliphatic carbocycles. The number of carbonyl (C=O) groups is 1. The molecule has 0 heterocycles. The highest BCUT2D eigenvalue weighted by molar-refractivity contribution is 7.99. The van der Waals surface area contributed by atoms with Crippen LogP contribution in [-0.4, -0.2) is 49.0 Å². The van der Waals surface area contributed by atoms with E-state index in [9.17, 15) is 4.79 Å². The first kappa shape index (κ1) is 18.8. The maximum absolute atomic E-state index is 12.0. The van der Waals surface area contributed by atoms with Gasteiger partial charge < -0.3 is 15.0 Å². The van der Waals surface area contributed by atoms with Crippen LogP contribution in [0.25, 0.3) is 0 Å². The molecule has 0 aliphatic rings. The van der Waals surface area contributed by atoms with Crippen LogP contribution in [0.4, 0.5) is 4.79 Å². The number of benzene rings is 1. The number of amides is 1. The Balaban J connectivity index is 2.53. The third kappa shape index (κ3) is 8.95. The van der Waals surface area contributed by atoms with E-state index in [2.05, 4.69) is 22.3 Å². The molecule has 1 aromatic carbocycles. The average Bonchev–Trinajstić information content (AvgIpc) is 2.41. The van der Waals surface area contributed by atoms with Crippen LogP contribution in [0.15, 0.2) is 35.2 Å². The van der Waals surface area contributed by atoms with E-state index >= 15 is 0 Å². The summed E-state index contributed by atoms with van der Waals surface area (Å²) in [6.45, 7) is 6.55. The Morgan fingerprint density at radius 1 is 1.27 bits per heavy atom. The second kappa shape index (κ2) is 9.06. The normalized spacial score (nSPS) is 13.0. The Morgan fingerprint density at radius 2 is 1.91 bits per heavy atom. The van der Waals surface area contributed by atoms with E-state index in [0.29, 0.717) is 0 Å². The topological polar surface area (TPSA) is 41.6 Å². The van der Waals surface area contributed by atoms with Gasteiger partial charge in [0, 0.05) is 16.7 Å². The van der Waals surface area contributed by atoms with Gasteiger partial charge in [-0.1, -0.05) is 18.2 Å². The van der Waals surface area contributed by atoms with Crippen molar-refractivity contribution in [3.63, 3.8) is 0 Å². The van der Waals surface area contributed by atoms with Crippen LogP contribution in [-0.2, 0) is 4.74 Å². The first-order valence-electron chi connectivity index (χ1n) is 7.58. The number of hydrogen-bond donors (Lipinski definition) is 1. The molecule has 0 fully saturated rings. The van der Waals surface area contributed by atoms with E-state index in [1.54, 1.807) is 11.8 Å². The Hall–Kier alpha value is -1.20. The molecule has 1 atom stereocenters. The molecule has 1 aromatic rings. The molecular formula is C17H28N2O2S. The van der Waals surface area contributed by atoms with Gasteiger partial charge in [0.1, 0.15) is 5.60 Å². The van der Waals surface area contributed by atoms with Crippen LogP contribution in [0.2, 0.25) is 0 Å². The van der Waals surface area contributed by atoms with Crippen molar-refractivity contribution in [2.24, 2.45) is 0 Å². The van der Waals surface area contributed by atoms with Crippen molar-refractivity contribution in [3.8, 4) is 0 Å². The fraction of sp³-hybridized carbons (Fsp3) is 0.588. The summed E-state index contributed by atoms with van der Waals surface area (Å²) in [5, 5.41) is 2.99. The number of carbonyl (C=O) groups excluding carboxylic acids is 1. The summed E-state index contributed by atoms with van der Waals surface area (Å²) in [5.41, 5.74) is -0.469. The zero-order valence-corrected chi connectivity index (χ0v) is 15.1. The molecular weight excluding hydrogens is 296 g/mol. The van der Waals surface area contributed by atoms with Crippen LogP contribution in [0.1, 0.15) is 27.2 Å². The lowest BCUT2D eigenvalue weighted by Crippen LogP contribution is -2.41. The van der Waals surface area contributed by atoms with Crippen molar-refractivity contribution in [1.29, 1.82) is 0 Å². The van der Waals surface area contributed by atoms with Crippen molar-refractivity contribution in [3.05, 3.63) is 30.3 Å². The molecule has 5 heteroatoms. The number of hydrogen-bond acceptors (Lipinski definition) is 4. The minimum Gasteiger partial charge on any atom is -0.444 e. The summed E-state index contributed by atoms with van der Waals surface area (Å²) < 4.78 is 5.35. The first-order chi connectivity index (χ1) is 10.3. The highest BCUT2D eigenvalue weighted by atomic mass is 32.2. The van der Waals surface area contributed by atoms with Gasteiger partial charge in [-0.25, -0.2) is 4.79 Å². The van der Waals surface area contributed by atoms with Crippen molar-refractivity contribution >= 4 is 17.9 Å². The molecule has 0 saturated heterocycles. The molecule has 0 unspecified atom stereocenters. The third-order valence-corrected chi connectivity index (χ3v) is 4.01. The molecule has 124 valence electrons. The van der Waals surface area contributed by atoms with Gasteiger partial charge in [0.25, 0.3) is 0 Å². The molecule has 0 aromatic heterocycles. The summed E-state index contributed by atoms with van der Waals surface area (Å²) in [6.07, 6.45) is 0.552. The van der Waals surface area contributed by atoms with E-state index in [4.69, 9.17) is 4.74 Å². The van der Waals surface area contributed by atoms with Crippen molar-refractivity contribution in [1.82, 2.24) is 10.2 Å².